The molecule has 2 N–H and O–H groups in total. The Morgan fingerprint density at radius 2 is 2.00 bits per heavy atom. The normalized spacial score (nSPS) is 18.8. The lowest BCUT2D eigenvalue weighted by molar-refractivity contribution is -0.139. The predicted octanol–water partition coefficient (Wildman–Crippen LogP) is -0.0925. The number of carboxylic acid groups (broad SMARTS) is 1. The van der Waals surface area contributed by atoms with Gasteiger partial charge in [0.1, 0.15) is 6.04 Å². The van der Waals surface area contributed by atoms with Crippen LogP contribution in [0.25, 0.3) is 0 Å². The maximum absolute atomic E-state index is 12.0. The van der Waals surface area contributed by atoms with E-state index in [0.29, 0.717) is 12.0 Å². The first-order valence-electron chi connectivity index (χ1n) is 5.88. The Kier molecular flexibility index (Phi) is 4.05. The quantitative estimate of drug-likeness (QED) is 0.735. The van der Waals surface area contributed by atoms with Gasteiger partial charge in [-0.25, -0.2) is 8.42 Å². The highest BCUT2D eigenvalue weighted by molar-refractivity contribution is 7.89. The van der Waals surface area contributed by atoms with E-state index in [1.165, 1.54) is 24.3 Å². The minimum absolute atomic E-state index is 0.0219. The molecule has 0 spiro atoms. The van der Waals surface area contributed by atoms with E-state index in [0.717, 1.165) is 0 Å². The van der Waals surface area contributed by atoms with Gasteiger partial charge in [0.25, 0.3) is 0 Å². The average Bonchev–Trinajstić information content (AvgIpc) is 2.74. The van der Waals surface area contributed by atoms with Crippen molar-refractivity contribution in [3.05, 3.63) is 29.8 Å². The van der Waals surface area contributed by atoms with Crippen LogP contribution in [-0.4, -0.2) is 38.1 Å². The SMILES string of the molecule is O=C(O)Cc1ccc(S(=O)(=O)NC2CCOC2=O)cc1. The van der Waals surface area contributed by atoms with Crippen molar-refractivity contribution < 1.29 is 27.9 Å². The van der Waals surface area contributed by atoms with Gasteiger partial charge < -0.3 is 9.84 Å². The fourth-order valence-electron chi connectivity index (χ4n) is 1.82. The Morgan fingerprint density at radius 1 is 1.35 bits per heavy atom. The van der Waals surface area contributed by atoms with Crippen LogP contribution >= 0.6 is 0 Å². The van der Waals surface area contributed by atoms with Gasteiger partial charge in [0.05, 0.1) is 17.9 Å². The molecule has 0 aromatic heterocycles. The minimum Gasteiger partial charge on any atom is -0.481 e. The molecule has 0 amide bonds. The summed E-state index contributed by atoms with van der Waals surface area (Å²) in [5, 5.41) is 8.63. The highest BCUT2D eigenvalue weighted by Crippen LogP contribution is 2.14. The lowest BCUT2D eigenvalue weighted by Crippen LogP contribution is -2.37. The van der Waals surface area contributed by atoms with Crippen molar-refractivity contribution in [1.29, 1.82) is 0 Å². The topological polar surface area (TPSA) is 110 Å². The fourth-order valence-corrected chi connectivity index (χ4v) is 3.04. The van der Waals surface area contributed by atoms with Crippen molar-refractivity contribution >= 4 is 22.0 Å². The molecule has 7 nitrogen and oxygen atoms in total. The van der Waals surface area contributed by atoms with Crippen LogP contribution in [0.3, 0.4) is 0 Å². The monoisotopic (exact) mass is 299 g/mol. The number of carbonyl (C=O) groups excluding carboxylic acids is 1. The maximum atomic E-state index is 12.0. The summed E-state index contributed by atoms with van der Waals surface area (Å²) in [6.45, 7) is 0.198. The third-order valence-electron chi connectivity index (χ3n) is 2.82. The van der Waals surface area contributed by atoms with Crippen molar-refractivity contribution in [2.45, 2.75) is 23.8 Å². The molecule has 0 bridgehead atoms. The molecule has 1 heterocycles. The van der Waals surface area contributed by atoms with E-state index in [1.54, 1.807) is 0 Å². The van der Waals surface area contributed by atoms with Crippen LogP contribution in [0, 0.1) is 0 Å². The molecule has 1 atom stereocenters. The zero-order valence-corrected chi connectivity index (χ0v) is 11.2. The Balaban J connectivity index is 2.13. The first kappa shape index (κ1) is 14.5. The molecule has 1 aromatic rings. The molecule has 20 heavy (non-hydrogen) atoms. The number of benzene rings is 1. The van der Waals surface area contributed by atoms with E-state index >= 15 is 0 Å². The highest BCUT2D eigenvalue weighted by atomic mass is 32.2. The predicted molar refractivity (Wildman–Crippen MR) is 67.5 cm³/mol. The second-order valence-corrected chi connectivity index (χ2v) is 6.06. The molecule has 0 aliphatic carbocycles. The zero-order chi connectivity index (χ0) is 14.8. The molecule has 1 aliphatic heterocycles. The summed E-state index contributed by atoms with van der Waals surface area (Å²) in [4.78, 5) is 21.8. The van der Waals surface area contributed by atoms with Gasteiger partial charge in [-0.2, -0.15) is 4.72 Å². The Bertz CT molecular complexity index is 622. The van der Waals surface area contributed by atoms with Gasteiger partial charge in [-0.3, -0.25) is 9.59 Å². The molecular weight excluding hydrogens is 286 g/mol. The number of cyclic esters (lactones) is 1. The number of hydrogen-bond acceptors (Lipinski definition) is 5. The summed E-state index contributed by atoms with van der Waals surface area (Å²) in [5.41, 5.74) is 0.497. The Hall–Kier alpha value is -1.93. The van der Waals surface area contributed by atoms with E-state index < -0.39 is 28.0 Å². The Morgan fingerprint density at radius 3 is 2.50 bits per heavy atom. The number of hydrogen-bond donors (Lipinski definition) is 2. The van der Waals surface area contributed by atoms with Crippen LogP contribution in [0.5, 0.6) is 0 Å². The van der Waals surface area contributed by atoms with Crippen molar-refractivity contribution in [3.8, 4) is 0 Å². The molecule has 1 saturated heterocycles. The minimum atomic E-state index is -3.82. The number of carboxylic acids is 1. The van der Waals surface area contributed by atoms with E-state index in [4.69, 9.17) is 5.11 Å². The van der Waals surface area contributed by atoms with E-state index in [2.05, 4.69) is 9.46 Å². The van der Waals surface area contributed by atoms with E-state index in [1.807, 2.05) is 0 Å². The van der Waals surface area contributed by atoms with E-state index in [-0.39, 0.29) is 17.9 Å². The number of carbonyl (C=O) groups is 2. The summed E-state index contributed by atoms with van der Waals surface area (Å²) in [6, 6.07) is 4.60. The summed E-state index contributed by atoms with van der Waals surface area (Å²) in [7, 11) is -3.82. The first-order valence-corrected chi connectivity index (χ1v) is 7.36. The number of ether oxygens (including phenoxy) is 1. The Labute approximate surface area is 115 Å². The molecule has 2 rings (SSSR count). The summed E-state index contributed by atoms with van der Waals surface area (Å²) in [5.74, 6) is -1.58. The van der Waals surface area contributed by atoms with Crippen molar-refractivity contribution in [2.75, 3.05) is 6.61 Å². The van der Waals surface area contributed by atoms with Gasteiger partial charge in [-0.15, -0.1) is 0 Å². The van der Waals surface area contributed by atoms with Gasteiger partial charge in [0, 0.05) is 6.42 Å². The lowest BCUT2D eigenvalue weighted by atomic mass is 10.2. The van der Waals surface area contributed by atoms with Crippen molar-refractivity contribution in [2.24, 2.45) is 0 Å². The van der Waals surface area contributed by atoms with Crippen molar-refractivity contribution in [1.82, 2.24) is 4.72 Å². The number of esters is 1. The maximum Gasteiger partial charge on any atom is 0.324 e. The van der Waals surface area contributed by atoms with Crippen LogP contribution in [-0.2, 0) is 30.8 Å². The second kappa shape index (κ2) is 5.59. The molecule has 8 heteroatoms. The van der Waals surface area contributed by atoms with E-state index in [9.17, 15) is 18.0 Å². The second-order valence-electron chi connectivity index (χ2n) is 4.34. The lowest BCUT2D eigenvalue weighted by Gasteiger charge is -2.10. The standard InChI is InChI=1S/C12H13NO6S/c14-11(15)7-8-1-3-9(4-2-8)20(17,18)13-10-5-6-19-12(10)16/h1-4,10,13H,5-7H2,(H,14,15). The van der Waals surface area contributed by atoms with Gasteiger partial charge in [0.15, 0.2) is 0 Å². The van der Waals surface area contributed by atoms with Gasteiger partial charge in [0.2, 0.25) is 10.0 Å². The molecular formula is C12H13NO6S. The van der Waals surface area contributed by atoms with Crippen LogP contribution in [0.1, 0.15) is 12.0 Å². The number of nitrogens with one attached hydrogen (secondary N) is 1. The van der Waals surface area contributed by atoms with Crippen molar-refractivity contribution in [3.63, 3.8) is 0 Å². The third-order valence-corrected chi connectivity index (χ3v) is 4.31. The third kappa shape index (κ3) is 3.34. The summed E-state index contributed by atoms with van der Waals surface area (Å²) >= 11 is 0. The summed E-state index contributed by atoms with van der Waals surface area (Å²) < 4.78 is 31.0. The zero-order valence-electron chi connectivity index (χ0n) is 10.4. The number of rotatable bonds is 5. The molecule has 1 unspecified atom stereocenters. The van der Waals surface area contributed by atoms with Gasteiger partial charge >= 0.3 is 11.9 Å². The molecule has 1 aromatic carbocycles. The number of sulfonamides is 1. The smallest absolute Gasteiger partial charge is 0.324 e. The number of aliphatic carboxylic acids is 1. The molecule has 108 valence electrons. The van der Waals surface area contributed by atoms with Gasteiger partial charge in [-0.1, -0.05) is 12.1 Å². The first-order chi connectivity index (χ1) is 9.38. The highest BCUT2D eigenvalue weighted by Gasteiger charge is 2.31. The van der Waals surface area contributed by atoms with Gasteiger partial charge in [-0.05, 0) is 17.7 Å². The molecule has 0 saturated carbocycles. The molecule has 0 radical (unpaired) electrons. The van der Waals surface area contributed by atoms with Crippen LogP contribution in [0.4, 0.5) is 0 Å². The molecule has 1 fully saturated rings. The summed E-state index contributed by atoms with van der Waals surface area (Å²) in [6.07, 6.45) is 0.123. The molecule has 1 aliphatic rings. The average molecular weight is 299 g/mol. The fraction of sp³-hybridized carbons (Fsp3) is 0.333. The van der Waals surface area contributed by atoms with Crippen LogP contribution < -0.4 is 4.72 Å². The van der Waals surface area contributed by atoms with Crippen LogP contribution in [0.2, 0.25) is 0 Å². The largest absolute Gasteiger partial charge is 0.481 e. The van der Waals surface area contributed by atoms with Crippen LogP contribution in [0.15, 0.2) is 29.2 Å².